The molecule has 4 heteroatoms. The Morgan fingerprint density at radius 1 is 1.39 bits per heavy atom. The summed E-state index contributed by atoms with van der Waals surface area (Å²) in [6.45, 7) is 6.69. The molecule has 2 N–H and O–H groups in total. The van der Waals surface area contributed by atoms with Gasteiger partial charge >= 0.3 is 0 Å². The predicted octanol–water partition coefficient (Wildman–Crippen LogP) is 2.56. The van der Waals surface area contributed by atoms with Crippen molar-refractivity contribution in [2.45, 2.75) is 25.9 Å². The maximum Gasteiger partial charge on any atom is 0.0371 e. The van der Waals surface area contributed by atoms with E-state index < -0.39 is 0 Å². The van der Waals surface area contributed by atoms with Gasteiger partial charge in [-0.2, -0.15) is 0 Å². The molecule has 0 amide bonds. The fraction of sp³-hybridized carbons (Fsp3) is 0.571. The van der Waals surface area contributed by atoms with Gasteiger partial charge in [0.2, 0.25) is 0 Å². The number of nitrogens with two attached hydrogens (primary N) is 1. The Bertz CT molecular complexity index is 388. The van der Waals surface area contributed by atoms with Gasteiger partial charge in [0.1, 0.15) is 0 Å². The molecular weight excluding hydrogens is 290 g/mol. The van der Waals surface area contributed by atoms with Crippen molar-refractivity contribution in [3.8, 4) is 0 Å². The molecule has 1 aromatic rings. The fourth-order valence-electron chi connectivity index (χ4n) is 2.60. The first-order valence-corrected chi connectivity index (χ1v) is 7.32. The van der Waals surface area contributed by atoms with Crippen LogP contribution < -0.4 is 5.73 Å². The van der Waals surface area contributed by atoms with Crippen LogP contribution in [0.4, 0.5) is 5.69 Å². The van der Waals surface area contributed by atoms with E-state index in [1.54, 1.807) is 0 Å². The maximum atomic E-state index is 6.08. The molecule has 1 fully saturated rings. The van der Waals surface area contributed by atoms with Gasteiger partial charge in [-0.05, 0) is 39.1 Å². The van der Waals surface area contributed by atoms with Crippen molar-refractivity contribution >= 4 is 21.6 Å². The highest BCUT2D eigenvalue weighted by Crippen LogP contribution is 2.25. The second-order valence-electron chi connectivity index (χ2n) is 5.24. The van der Waals surface area contributed by atoms with Crippen molar-refractivity contribution in [2.24, 2.45) is 0 Å². The summed E-state index contributed by atoms with van der Waals surface area (Å²) in [5.41, 5.74) is 8.18. The third-order valence-corrected chi connectivity index (χ3v) is 4.44. The zero-order valence-electron chi connectivity index (χ0n) is 11.2. The van der Waals surface area contributed by atoms with Crippen LogP contribution in [0.3, 0.4) is 0 Å². The lowest BCUT2D eigenvalue weighted by Gasteiger charge is -2.28. The van der Waals surface area contributed by atoms with E-state index in [2.05, 4.69) is 45.8 Å². The topological polar surface area (TPSA) is 32.5 Å². The van der Waals surface area contributed by atoms with Crippen LogP contribution in [0.5, 0.6) is 0 Å². The van der Waals surface area contributed by atoms with Crippen LogP contribution in [-0.4, -0.2) is 42.5 Å². The number of nitrogen functional groups attached to an aromatic ring is 1. The minimum absolute atomic E-state index is 0.573. The Morgan fingerprint density at radius 3 is 2.89 bits per heavy atom. The summed E-state index contributed by atoms with van der Waals surface area (Å²) in [4.78, 5) is 4.94. The van der Waals surface area contributed by atoms with Gasteiger partial charge in [-0.15, -0.1) is 0 Å². The number of halogens is 1. The third kappa shape index (κ3) is 3.25. The van der Waals surface area contributed by atoms with Crippen molar-refractivity contribution < 1.29 is 0 Å². The highest BCUT2D eigenvalue weighted by atomic mass is 79.9. The molecule has 3 nitrogen and oxygen atoms in total. The summed E-state index contributed by atoms with van der Waals surface area (Å²) in [5, 5.41) is 0. The lowest BCUT2D eigenvalue weighted by atomic mass is 10.1. The van der Waals surface area contributed by atoms with Crippen LogP contribution in [0, 0.1) is 0 Å². The van der Waals surface area contributed by atoms with Crippen LogP contribution in [0.2, 0.25) is 0 Å². The molecule has 2 rings (SSSR count). The van der Waals surface area contributed by atoms with Gasteiger partial charge in [-0.25, -0.2) is 0 Å². The summed E-state index contributed by atoms with van der Waals surface area (Å²) >= 11 is 3.61. The van der Waals surface area contributed by atoms with Crippen molar-refractivity contribution in [1.82, 2.24) is 9.80 Å². The minimum atomic E-state index is 0.573. The first kappa shape index (κ1) is 13.8. The van der Waals surface area contributed by atoms with E-state index in [4.69, 9.17) is 5.73 Å². The van der Waals surface area contributed by atoms with Crippen molar-refractivity contribution in [3.05, 3.63) is 28.2 Å². The molecule has 100 valence electrons. The van der Waals surface area contributed by atoms with Crippen LogP contribution in [0.25, 0.3) is 0 Å². The molecule has 0 saturated carbocycles. The van der Waals surface area contributed by atoms with Crippen molar-refractivity contribution in [1.29, 1.82) is 0 Å². The first-order valence-electron chi connectivity index (χ1n) is 6.53. The number of likely N-dealkylation sites (N-methyl/N-ethyl adjacent to an activating group) is 1. The number of hydrogen-bond donors (Lipinski definition) is 1. The van der Waals surface area contributed by atoms with E-state index in [0.717, 1.165) is 29.8 Å². The summed E-state index contributed by atoms with van der Waals surface area (Å²) in [6, 6.07) is 6.61. The second-order valence-corrected chi connectivity index (χ2v) is 6.10. The predicted molar refractivity (Wildman–Crippen MR) is 80.5 cm³/mol. The third-order valence-electron chi connectivity index (χ3n) is 3.70. The molecule has 0 radical (unpaired) electrons. The summed E-state index contributed by atoms with van der Waals surface area (Å²) in [6.07, 6.45) is 1.23. The molecule has 1 unspecified atom stereocenters. The molecular formula is C14H22BrN3. The average Bonchev–Trinajstić information content (AvgIpc) is 2.46. The van der Waals surface area contributed by atoms with Crippen LogP contribution in [0.1, 0.15) is 18.9 Å². The van der Waals surface area contributed by atoms with Crippen LogP contribution in [0.15, 0.2) is 22.7 Å². The van der Waals surface area contributed by atoms with E-state index in [1.165, 1.54) is 18.5 Å². The average molecular weight is 312 g/mol. The summed E-state index contributed by atoms with van der Waals surface area (Å²) < 4.78 is 1.12. The molecule has 0 spiro atoms. The van der Waals surface area contributed by atoms with Crippen molar-refractivity contribution in [2.75, 3.05) is 32.4 Å². The Balaban J connectivity index is 2.12. The SMILES string of the molecule is CC1CN(C)CCCN1Cc1c(N)cccc1Br. The molecule has 1 aliphatic heterocycles. The second kappa shape index (κ2) is 6.04. The number of hydrogen-bond acceptors (Lipinski definition) is 3. The monoisotopic (exact) mass is 311 g/mol. The largest absolute Gasteiger partial charge is 0.398 e. The smallest absolute Gasteiger partial charge is 0.0371 e. The lowest BCUT2D eigenvalue weighted by molar-refractivity contribution is 0.194. The Labute approximate surface area is 118 Å². The molecule has 1 heterocycles. The highest BCUT2D eigenvalue weighted by Gasteiger charge is 2.20. The number of anilines is 1. The molecule has 0 aromatic heterocycles. The van der Waals surface area contributed by atoms with Gasteiger partial charge in [-0.1, -0.05) is 22.0 Å². The molecule has 18 heavy (non-hydrogen) atoms. The maximum absolute atomic E-state index is 6.08. The standard InChI is InChI=1S/C14H22BrN3/c1-11-9-17(2)7-4-8-18(11)10-12-13(15)5-3-6-14(12)16/h3,5-6,11H,4,7-10,16H2,1-2H3. The molecule has 1 saturated heterocycles. The molecule has 1 aromatic carbocycles. The summed E-state index contributed by atoms with van der Waals surface area (Å²) in [5.74, 6) is 0. The fourth-order valence-corrected chi connectivity index (χ4v) is 3.11. The zero-order valence-corrected chi connectivity index (χ0v) is 12.8. The number of nitrogens with zero attached hydrogens (tertiary/aromatic N) is 2. The quantitative estimate of drug-likeness (QED) is 0.852. The highest BCUT2D eigenvalue weighted by molar-refractivity contribution is 9.10. The van der Waals surface area contributed by atoms with E-state index in [9.17, 15) is 0 Å². The Hall–Kier alpha value is -0.580. The van der Waals surface area contributed by atoms with Crippen molar-refractivity contribution in [3.63, 3.8) is 0 Å². The van der Waals surface area contributed by atoms with Gasteiger partial charge in [-0.3, -0.25) is 4.90 Å². The van der Waals surface area contributed by atoms with Crippen LogP contribution in [-0.2, 0) is 6.54 Å². The van der Waals surface area contributed by atoms with Gasteiger partial charge in [0.05, 0.1) is 0 Å². The van der Waals surface area contributed by atoms with Gasteiger partial charge in [0.25, 0.3) is 0 Å². The Morgan fingerprint density at radius 2 is 2.17 bits per heavy atom. The molecule has 1 atom stereocenters. The van der Waals surface area contributed by atoms with E-state index in [1.807, 2.05) is 12.1 Å². The van der Waals surface area contributed by atoms with E-state index in [-0.39, 0.29) is 0 Å². The molecule has 0 aliphatic carbocycles. The first-order chi connectivity index (χ1) is 8.58. The van der Waals surface area contributed by atoms with Gasteiger partial charge < -0.3 is 10.6 Å². The van der Waals surface area contributed by atoms with E-state index >= 15 is 0 Å². The minimum Gasteiger partial charge on any atom is -0.398 e. The molecule has 1 aliphatic rings. The lowest BCUT2D eigenvalue weighted by Crippen LogP contribution is -2.37. The van der Waals surface area contributed by atoms with E-state index in [0.29, 0.717) is 6.04 Å². The zero-order chi connectivity index (χ0) is 13.1. The number of benzene rings is 1. The normalized spacial score (nSPS) is 22.9. The summed E-state index contributed by atoms with van der Waals surface area (Å²) in [7, 11) is 2.20. The number of rotatable bonds is 2. The molecule has 0 bridgehead atoms. The van der Waals surface area contributed by atoms with Gasteiger partial charge in [0, 0.05) is 41.4 Å². The Kier molecular flexibility index (Phi) is 4.65. The van der Waals surface area contributed by atoms with Gasteiger partial charge in [0.15, 0.2) is 0 Å². The van der Waals surface area contributed by atoms with Crippen LogP contribution >= 0.6 is 15.9 Å².